The third-order valence-corrected chi connectivity index (χ3v) is 4.49. The maximum absolute atomic E-state index is 12.6. The van der Waals surface area contributed by atoms with E-state index in [-0.39, 0.29) is 16.8 Å². The minimum Gasteiger partial charge on any atom is -0.321 e. The maximum atomic E-state index is 12.6. The van der Waals surface area contributed by atoms with Crippen LogP contribution in [0.2, 0.25) is 0 Å². The topological polar surface area (TPSA) is 157 Å². The Labute approximate surface area is 187 Å². The van der Waals surface area contributed by atoms with Gasteiger partial charge in [0.1, 0.15) is 0 Å². The highest BCUT2D eigenvalue weighted by Crippen LogP contribution is 2.23. The van der Waals surface area contributed by atoms with Crippen LogP contribution in [0.15, 0.2) is 71.8 Å². The Morgan fingerprint density at radius 2 is 1.67 bits per heavy atom. The highest BCUT2D eigenvalue weighted by molar-refractivity contribution is 6.09. The highest BCUT2D eigenvalue weighted by atomic mass is 16.6. The lowest BCUT2D eigenvalue weighted by Crippen LogP contribution is -2.21. The van der Waals surface area contributed by atoms with Gasteiger partial charge in [-0.05, 0) is 37.3 Å². The number of aryl methyl sites for hydroxylation is 1. The van der Waals surface area contributed by atoms with Crippen molar-refractivity contribution in [2.75, 3.05) is 5.32 Å². The Balaban J connectivity index is 1.77. The number of carbonyl (C=O) groups is 2. The average Bonchev–Trinajstić information content (AvgIpc) is 2.79. The van der Waals surface area contributed by atoms with Gasteiger partial charge in [0.2, 0.25) is 0 Å². The molecule has 0 aliphatic carbocycles. The van der Waals surface area contributed by atoms with E-state index in [1.807, 2.05) is 13.0 Å². The van der Waals surface area contributed by atoms with E-state index in [0.29, 0.717) is 5.56 Å². The Morgan fingerprint density at radius 3 is 2.36 bits per heavy atom. The molecule has 2 amide bonds. The molecule has 3 aromatic carbocycles. The maximum Gasteiger partial charge on any atom is 0.285 e. The largest absolute Gasteiger partial charge is 0.321 e. The number of benzene rings is 3. The van der Waals surface area contributed by atoms with E-state index in [0.717, 1.165) is 30.0 Å². The van der Waals surface area contributed by atoms with Crippen LogP contribution in [0, 0.1) is 27.2 Å². The second-order valence-corrected chi connectivity index (χ2v) is 6.83. The number of nitrogens with one attached hydrogen (secondary N) is 2. The van der Waals surface area contributed by atoms with Crippen molar-refractivity contribution >= 4 is 35.1 Å². The summed E-state index contributed by atoms with van der Waals surface area (Å²) in [6.07, 6.45) is 1.01. The normalized spacial score (nSPS) is 10.6. The number of rotatable bonds is 7. The van der Waals surface area contributed by atoms with Crippen LogP contribution in [0.3, 0.4) is 0 Å². The summed E-state index contributed by atoms with van der Waals surface area (Å²) >= 11 is 0. The number of non-ortho nitro benzene ring substituents is 1. The van der Waals surface area contributed by atoms with Crippen molar-refractivity contribution in [1.29, 1.82) is 0 Å². The van der Waals surface area contributed by atoms with Crippen molar-refractivity contribution in [2.24, 2.45) is 5.10 Å². The van der Waals surface area contributed by atoms with Crippen molar-refractivity contribution < 1.29 is 19.4 Å². The molecule has 2 N–H and O–H groups in total. The molecule has 0 fully saturated rings. The van der Waals surface area contributed by atoms with Crippen LogP contribution in [0.1, 0.15) is 31.8 Å². The summed E-state index contributed by atoms with van der Waals surface area (Å²) in [7, 11) is 0. The summed E-state index contributed by atoms with van der Waals surface area (Å²) in [6.45, 7) is 1.85. The van der Waals surface area contributed by atoms with E-state index >= 15 is 0 Å². The van der Waals surface area contributed by atoms with E-state index in [1.165, 1.54) is 6.07 Å². The van der Waals surface area contributed by atoms with Gasteiger partial charge in [-0.15, -0.1) is 0 Å². The lowest BCUT2D eigenvalue weighted by molar-refractivity contribution is -0.394. The first-order valence-corrected chi connectivity index (χ1v) is 9.49. The standard InChI is InChI=1S/C22H17N5O6/c1-14-5-4-6-15(11-14)21(28)24-19-8-3-2-7-18(19)22(29)25-23-13-16-9-10-17(26(30)31)12-20(16)27(32)33/h2-13H,1H3,(H,24,28)(H,25,29)/b23-13-. The van der Waals surface area contributed by atoms with Crippen LogP contribution in [0.4, 0.5) is 17.1 Å². The van der Waals surface area contributed by atoms with Crippen LogP contribution >= 0.6 is 0 Å². The van der Waals surface area contributed by atoms with Crippen LogP contribution in [-0.2, 0) is 0 Å². The predicted molar refractivity (Wildman–Crippen MR) is 120 cm³/mol. The number of nitro groups is 2. The van der Waals surface area contributed by atoms with E-state index in [1.54, 1.807) is 36.4 Å². The summed E-state index contributed by atoms with van der Waals surface area (Å²) < 4.78 is 0. The first-order chi connectivity index (χ1) is 15.8. The second kappa shape index (κ2) is 9.92. The SMILES string of the molecule is Cc1cccc(C(=O)Nc2ccccc2C(=O)N/N=C\c2ccc([N+](=O)[O-])cc2[N+](=O)[O-])c1. The minimum absolute atomic E-state index is 0.0352. The van der Waals surface area contributed by atoms with Gasteiger partial charge >= 0.3 is 0 Å². The molecular formula is C22H17N5O6. The monoisotopic (exact) mass is 447 g/mol. The highest BCUT2D eigenvalue weighted by Gasteiger charge is 2.18. The van der Waals surface area contributed by atoms with Gasteiger partial charge in [0, 0.05) is 11.6 Å². The zero-order chi connectivity index (χ0) is 24.0. The van der Waals surface area contributed by atoms with Gasteiger partial charge in [-0.1, -0.05) is 29.8 Å². The number of para-hydroxylation sites is 1. The Kier molecular flexibility index (Phi) is 6.84. The molecule has 0 heterocycles. The summed E-state index contributed by atoms with van der Waals surface area (Å²) in [4.78, 5) is 45.6. The number of amides is 2. The van der Waals surface area contributed by atoms with E-state index in [4.69, 9.17) is 0 Å². The number of hydrogen-bond acceptors (Lipinski definition) is 7. The molecule has 0 unspecified atom stereocenters. The van der Waals surface area contributed by atoms with Crippen LogP contribution in [0.5, 0.6) is 0 Å². The predicted octanol–water partition coefficient (Wildman–Crippen LogP) is 3.83. The second-order valence-electron chi connectivity index (χ2n) is 6.83. The molecule has 33 heavy (non-hydrogen) atoms. The molecule has 166 valence electrons. The number of carbonyl (C=O) groups excluding carboxylic acids is 2. The van der Waals surface area contributed by atoms with Gasteiger partial charge in [0.05, 0.1) is 38.9 Å². The number of nitrogens with zero attached hydrogens (tertiary/aromatic N) is 3. The molecule has 3 rings (SSSR count). The number of anilines is 1. The third-order valence-electron chi connectivity index (χ3n) is 4.49. The lowest BCUT2D eigenvalue weighted by Gasteiger charge is -2.10. The first kappa shape index (κ1) is 22.7. The fraction of sp³-hybridized carbons (Fsp3) is 0.0455. The summed E-state index contributed by atoms with van der Waals surface area (Å²) in [5, 5.41) is 28.4. The minimum atomic E-state index is -0.785. The van der Waals surface area contributed by atoms with Crippen LogP contribution in [0.25, 0.3) is 0 Å². The fourth-order valence-electron chi connectivity index (χ4n) is 2.90. The fourth-order valence-corrected chi connectivity index (χ4v) is 2.90. The zero-order valence-corrected chi connectivity index (χ0v) is 17.2. The molecule has 0 saturated carbocycles. The Hall–Kier alpha value is -4.93. The smallest absolute Gasteiger partial charge is 0.285 e. The molecule has 0 bridgehead atoms. The zero-order valence-electron chi connectivity index (χ0n) is 17.2. The number of nitro benzene ring substituents is 2. The molecule has 0 radical (unpaired) electrons. The van der Waals surface area contributed by atoms with Crippen LogP contribution in [-0.4, -0.2) is 27.9 Å². The Morgan fingerprint density at radius 1 is 0.909 bits per heavy atom. The van der Waals surface area contributed by atoms with Gasteiger partial charge < -0.3 is 5.32 Å². The van der Waals surface area contributed by atoms with Crippen molar-refractivity contribution in [3.8, 4) is 0 Å². The molecule has 0 spiro atoms. The van der Waals surface area contributed by atoms with Gasteiger partial charge in [-0.2, -0.15) is 5.10 Å². The van der Waals surface area contributed by atoms with Crippen molar-refractivity contribution in [3.63, 3.8) is 0 Å². The van der Waals surface area contributed by atoms with Gasteiger partial charge in [0.15, 0.2) is 0 Å². The molecule has 11 heteroatoms. The number of hydrogen-bond donors (Lipinski definition) is 2. The van der Waals surface area contributed by atoms with E-state index in [2.05, 4.69) is 15.8 Å². The molecule has 3 aromatic rings. The van der Waals surface area contributed by atoms with Crippen molar-refractivity contribution in [3.05, 3.63) is 109 Å². The molecule has 0 aromatic heterocycles. The lowest BCUT2D eigenvalue weighted by atomic mass is 10.1. The molecule has 0 saturated heterocycles. The summed E-state index contributed by atoms with van der Waals surface area (Å²) in [5.74, 6) is -1.07. The van der Waals surface area contributed by atoms with Gasteiger partial charge in [-0.3, -0.25) is 29.8 Å². The molecule has 11 nitrogen and oxygen atoms in total. The van der Waals surface area contributed by atoms with Crippen LogP contribution < -0.4 is 10.7 Å². The van der Waals surface area contributed by atoms with Gasteiger partial charge in [-0.25, -0.2) is 5.43 Å². The molecule has 0 aliphatic rings. The van der Waals surface area contributed by atoms with Crippen molar-refractivity contribution in [2.45, 2.75) is 6.92 Å². The van der Waals surface area contributed by atoms with Crippen molar-refractivity contribution in [1.82, 2.24) is 5.43 Å². The molecule has 0 aliphatic heterocycles. The molecule has 0 atom stereocenters. The summed E-state index contributed by atoms with van der Waals surface area (Å²) in [6, 6.07) is 16.3. The quantitative estimate of drug-likeness (QED) is 0.318. The number of hydrazone groups is 1. The average molecular weight is 447 g/mol. The Bertz CT molecular complexity index is 1290. The van der Waals surface area contributed by atoms with E-state index < -0.39 is 33.0 Å². The first-order valence-electron chi connectivity index (χ1n) is 9.49. The van der Waals surface area contributed by atoms with E-state index in [9.17, 15) is 29.8 Å². The molecular weight excluding hydrogens is 430 g/mol. The van der Waals surface area contributed by atoms with Gasteiger partial charge in [0.25, 0.3) is 23.2 Å². The summed E-state index contributed by atoms with van der Waals surface area (Å²) in [5.41, 5.74) is 2.92. The third kappa shape index (κ3) is 5.61.